The van der Waals surface area contributed by atoms with Gasteiger partial charge in [-0.15, -0.1) is 11.3 Å². The first-order chi connectivity index (χ1) is 10.6. The average Bonchev–Trinajstić information content (AvgIpc) is 2.98. The highest BCUT2D eigenvalue weighted by molar-refractivity contribution is 7.99. The van der Waals surface area contributed by atoms with Gasteiger partial charge in [0, 0.05) is 33.2 Å². The molecular weight excluding hydrogens is 320 g/mol. The SMILES string of the molecule is CN1CCN(C(=O)CSc2nc3sccc3c(=O)n2C)CC1. The lowest BCUT2D eigenvalue weighted by molar-refractivity contribution is -0.129. The van der Waals surface area contributed by atoms with Gasteiger partial charge in [0.2, 0.25) is 5.91 Å². The quantitative estimate of drug-likeness (QED) is 0.614. The Morgan fingerprint density at radius 3 is 2.77 bits per heavy atom. The van der Waals surface area contributed by atoms with Crippen molar-refractivity contribution in [2.24, 2.45) is 7.05 Å². The number of nitrogens with zero attached hydrogens (tertiary/aromatic N) is 4. The number of carbonyl (C=O) groups is 1. The number of carbonyl (C=O) groups excluding carboxylic acids is 1. The smallest absolute Gasteiger partial charge is 0.262 e. The molecule has 2 aromatic rings. The molecule has 1 fully saturated rings. The molecule has 6 nitrogen and oxygen atoms in total. The van der Waals surface area contributed by atoms with Gasteiger partial charge in [-0.2, -0.15) is 0 Å². The summed E-state index contributed by atoms with van der Waals surface area (Å²) >= 11 is 2.78. The van der Waals surface area contributed by atoms with Crippen molar-refractivity contribution in [1.29, 1.82) is 0 Å². The molecule has 2 aromatic heterocycles. The first kappa shape index (κ1) is 15.5. The van der Waals surface area contributed by atoms with E-state index in [1.54, 1.807) is 13.1 Å². The largest absolute Gasteiger partial charge is 0.339 e. The van der Waals surface area contributed by atoms with Crippen molar-refractivity contribution in [3.63, 3.8) is 0 Å². The Kier molecular flexibility index (Phi) is 4.51. The molecule has 22 heavy (non-hydrogen) atoms. The third-order valence-electron chi connectivity index (χ3n) is 3.84. The molecule has 1 saturated heterocycles. The van der Waals surface area contributed by atoms with E-state index in [1.807, 2.05) is 10.3 Å². The van der Waals surface area contributed by atoms with Crippen LogP contribution in [0.25, 0.3) is 10.2 Å². The Hall–Kier alpha value is -1.38. The van der Waals surface area contributed by atoms with Crippen LogP contribution in [-0.2, 0) is 11.8 Å². The van der Waals surface area contributed by atoms with Crippen molar-refractivity contribution in [3.05, 3.63) is 21.8 Å². The number of likely N-dealkylation sites (N-methyl/N-ethyl adjacent to an activating group) is 1. The van der Waals surface area contributed by atoms with E-state index in [2.05, 4.69) is 16.9 Å². The van der Waals surface area contributed by atoms with Gasteiger partial charge in [0.1, 0.15) is 4.83 Å². The van der Waals surface area contributed by atoms with Crippen molar-refractivity contribution in [2.75, 3.05) is 39.0 Å². The van der Waals surface area contributed by atoms with Crippen molar-refractivity contribution in [3.8, 4) is 0 Å². The number of thiophene rings is 1. The molecule has 1 amide bonds. The maximum absolute atomic E-state index is 12.3. The average molecular weight is 338 g/mol. The summed E-state index contributed by atoms with van der Waals surface area (Å²) in [6.07, 6.45) is 0. The summed E-state index contributed by atoms with van der Waals surface area (Å²) in [5, 5.41) is 3.10. The lowest BCUT2D eigenvalue weighted by Gasteiger charge is -2.32. The number of fused-ring (bicyclic) bond motifs is 1. The van der Waals surface area contributed by atoms with E-state index in [1.165, 1.54) is 27.7 Å². The Labute approximate surface area is 136 Å². The molecule has 0 N–H and O–H groups in total. The van der Waals surface area contributed by atoms with Crippen LogP contribution in [0, 0.1) is 0 Å². The molecule has 0 aromatic carbocycles. The minimum atomic E-state index is -0.0548. The zero-order chi connectivity index (χ0) is 15.7. The van der Waals surface area contributed by atoms with Crippen LogP contribution in [0.1, 0.15) is 0 Å². The van der Waals surface area contributed by atoms with E-state index < -0.39 is 0 Å². The predicted octanol–water partition coefficient (Wildman–Crippen LogP) is 0.861. The maximum Gasteiger partial charge on any atom is 0.262 e. The van der Waals surface area contributed by atoms with Crippen LogP contribution in [0.4, 0.5) is 0 Å². The molecule has 3 heterocycles. The van der Waals surface area contributed by atoms with E-state index >= 15 is 0 Å². The standard InChI is InChI=1S/C14H18N4O2S2/c1-16-4-6-18(7-5-16)11(19)9-22-14-15-12-10(3-8-21-12)13(20)17(14)2/h3,8H,4-7,9H2,1-2H3. The fourth-order valence-electron chi connectivity index (χ4n) is 2.38. The lowest BCUT2D eigenvalue weighted by atomic mass is 10.3. The first-order valence-corrected chi connectivity index (χ1v) is 8.96. The van der Waals surface area contributed by atoms with E-state index in [0.29, 0.717) is 16.3 Å². The molecule has 118 valence electrons. The molecule has 1 aliphatic rings. The fourth-order valence-corrected chi connectivity index (χ4v) is 4.06. The third kappa shape index (κ3) is 3.04. The molecule has 0 bridgehead atoms. The summed E-state index contributed by atoms with van der Waals surface area (Å²) in [7, 11) is 3.77. The zero-order valence-electron chi connectivity index (χ0n) is 12.6. The Morgan fingerprint density at radius 2 is 2.05 bits per heavy atom. The highest BCUT2D eigenvalue weighted by atomic mass is 32.2. The Morgan fingerprint density at radius 1 is 1.32 bits per heavy atom. The highest BCUT2D eigenvalue weighted by Gasteiger charge is 2.20. The van der Waals surface area contributed by atoms with Gasteiger partial charge in [0.15, 0.2) is 5.16 Å². The fraction of sp³-hybridized carbons (Fsp3) is 0.500. The number of amides is 1. The summed E-state index contributed by atoms with van der Waals surface area (Å²) in [5.41, 5.74) is -0.0548. The molecule has 0 atom stereocenters. The second-order valence-electron chi connectivity index (χ2n) is 5.37. The number of hydrogen-bond donors (Lipinski definition) is 0. The molecule has 0 aliphatic carbocycles. The monoisotopic (exact) mass is 338 g/mol. The minimum Gasteiger partial charge on any atom is -0.339 e. The van der Waals surface area contributed by atoms with Crippen LogP contribution < -0.4 is 5.56 Å². The second kappa shape index (κ2) is 6.39. The summed E-state index contributed by atoms with van der Waals surface area (Å²) < 4.78 is 1.52. The summed E-state index contributed by atoms with van der Waals surface area (Å²) in [4.78, 5) is 33.8. The topological polar surface area (TPSA) is 58.4 Å². The number of thioether (sulfide) groups is 1. The molecule has 3 rings (SSSR count). The van der Waals surface area contributed by atoms with Crippen molar-refractivity contribution >= 4 is 39.2 Å². The Bertz CT molecular complexity index is 747. The summed E-state index contributed by atoms with van der Waals surface area (Å²) in [5.74, 6) is 0.430. The van der Waals surface area contributed by atoms with Crippen LogP contribution >= 0.6 is 23.1 Å². The Balaban J connectivity index is 1.70. The van der Waals surface area contributed by atoms with E-state index in [4.69, 9.17) is 0 Å². The normalized spacial score (nSPS) is 16.4. The van der Waals surface area contributed by atoms with E-state index in [0.717, 1.165) is 31.0 Å². The van der Waals surface area contributed by atoms with Gasteiger partial charge in [0.05, 0.1) is 11.1 Å². The number of hydrogen-bond acceptors (Lipinski definition) is 6. The maximum atomic E-state index is 12.3. The second-order valence-corrected chi connectivity index (χ2v) is 7.21. The third-order valence-corrected chi connectivity index (χ3v) is 5.67. The van der Waals surface area contributed by atoms with Crippen molar-refractivity contribution < 1.29 is 4.79 Å². The molecule has 8 heteroatoms. The van der Waals surface area contributed by atoms with Gasteiger partial charge in [0.25, 0.3) is 5.56 Å². The number of aromatic nitrogens is 2. The van der Waals surface area contributed by atoms with E-state index in [9.17, 15) is 9.59 Å². The van der Waals surface area contributed by atoms with Gasteiger partial charge in [-0.05, 0) is 18.5 Å². The predicted molar refractivity (Wildman–Crippen MR) is 89.7 cm³/mol. The molecule has 0 radical (unpaired) electrons. The zero-order valence-corrected chi connectivity index (χ0v) is 14.2. The van der Waals surface area contributed by atoms with Crippen LogP contribution in [-0.4, -0.2) is 64.2 Å². The number of rotatable bonds is 3. The van der Waals surface area contributed by atoms with Gasteiger partial charge in [-0.3, -0.25) is 14.2 Å². The molecular formula is C14H18N4O2S2. The highest BCUT2D eigenvalue weighted by Crippen LogP contribution is 2.20. The minimum absolute atomic E-state index is 0.0548. The number of piperazine rings is 1. The molecule has 0 saturated carbocycles. The van der Waals surface area contributed by atoms with Gasteiger partial charge in [-0.1, -0.05) is 11.8 Å². The van der Waals surface area contributed by atoms with Gasteiger partial charge >= 0.3 is 0 Å². The van der Waals surface area contributed by atoms with Crippen molar-refractivity contribution in [1.82, 2.24) is 19.4 Å². The van der Waals surface area contributed by atoms with E-state index in [-0.39, 0.29) is 11.5 Å². The van der Waals surface area contributed by atoms with Crippen molar-refractivity contribution in [2.45, 2.75) is 5.16 Å². The van der Waals surface area contributed by atoms with Crippen LogP contribution in [0.3, 0.4) is 0 Å². The van der Waals surface area contributed by atoms with Crippen LogP contribution in [0.5, 0.6) is 0 Å². The summed E-state index contributed by atoms with van der Waals surface area (Å²) in [6.45, 7) is 3.36. The van der Waals surface area contributed by atoms with Crippen LogP contribution in [0.15, 0.2) is 21.4 Å². The van der Waals surface area contributed by atoms with Gasteiger partial charge in [-0.25, -0.2) is 4.98 Å². The van der Waals surface area contributed by atoms with Gasteiger partial charge < -0.3 is 9.80 Å². The molecule has 0 spiro atoms. The molecule has 1 aliphatic heterocycles. The first-order valence-electron chi connectivity index (χ1n) is 7.09. The van der Waals surface area contributed by atoms with Crippen LogP contribution in [0.2, 0.25) is 0 Å². The summed E-state index contributed by atoms with van der Waals surface area (Å²) in [6, 6.07) is 1.79. The lowest BCUT2D eigenvalue weighted by Crippen LogP contribution is -2.47. The molecule has 0 unspecified atom stereocenters.